The fraction of sp³-hybridized carbons (Fsp3) is 0.286. The Balaban J connectivity index is 1.84. The van der Waals surface area contributed by atoms with Crippen LogP contribution < -0.4 is 9.47 Å². The number of hydroxylamine groups is 2. The summed E-state index contributed by atoms with van der Waals surface area (Å²) in [7, 11) is 3.23. The third-order valence-electron chi connectivity index (χ3n) is 4.46. The molecule has 0 N–H and O–H groups in total. The lowest BCUT2D eigenvalue weighted by Gasteiger charge is -2.36. The maximum atomic E-state index is 12.9. The minimum Gasteiger partial charge on any atom is -0.497 e. The van der Waals surface area contributed by atoms with E-state index in [2.05, 4.69) is 6.08 Å². The monoisotopic (exact) mass is 353 g/mol. The summed E-state index contributed by atoms with van der Waals surface area (Å²) in [5.41, 5.74) is 2.60. The van der Waals surface area contributed by atoms with Gasteiger partial charge in [0.1, 0.15) is 17.6 Å². The molecule has 5 nitrogen and oxygen atoms in total. The van der Waals surface area contributed by atoms with Gasteiger partial charge in [0.05, 0.1) is 20.3 Å². The second-order valence-corrected chi connectivity index (χ2v) is 6.27. The van der Waals surface area contributed by atoms with Crippen molar-refractivity contribution in [1.82, 2.24) is 5.06 Å². The Hall–Kier alpha value is -2.79. The molecule has 0 bridgehead atoms. The van der Waals surface area contributed by atoms with E-state index in [1.165, 1.54) is 5.06 Å². The van der Waals surface area contributed by atoms with Crippen LogP contribution in [0.4, 0.5) is 0 Å². The molecular weight excluding hydrogens is 330 g/mol. The van der Waals surface area contributed by atoms with Crippen LogP contribution >= 0.6 is 0 Å². The molecule has 0 saturated carbocycles. The molecule has 1 heterocycles. The van der Waals surface area contributed by atoms with Gasteiger partial charge in [-0.15, -0.1) is 0 Å². The Morgan fingerprint density at radius 3 is 2.04 bits per heavy atom. The van der Waals surface area contributed by atoms with Gasteiger partial charge in [0.15, 0.2) is 0 Å². The summed E-state index contributed by atoms with van der Waals surface area (Å²) in [6.45, 7) is 3.95. The summed E-state index contributed by atoms with van der Waals surface area (Å²) in [4.78, 5) is 19.0. The van der Waals surface area contributed by atoms with E-state index >= 15 is 0 Å². The zero-order valence-electron chi connectivity index (χ0n) is 15.4. The van der Waals surface area contributed by atoms with Gasteiger partial charge in [0.25, 0.3) is 5.91 Å². The van der Waals surface area contributed by atoms with Crippen LogP contribution in [-0.2, 0) is 4.84 Å². The maximum absolute atomic E-state index is 12.9. The van der Waals surface area contributed by atoms with Gasteiger partial charge in [-0.3, -0.25) is 9.63 Å². The number of amides is 1. The fourth-order valence-electron chi connectivity index (χ4n) is 3.02. The highest BCUT2D eigenvalue weighted by Gasteiger charge is 2.31. The molecule has 1 amide bonds. The number of ether oxygens (including phenoxy) is 2. The van der Waals surface area contributed by atoms with Gasteiger partial charge in [0.2, 0.25) is 0 Å². The standard InChI is InChI=1S/C21H23NO4/c1-14-13-15(2)22(21(23)17-7-11-19(25-4)12-8-17)26-20(14)16-5-9-18(24-3)10-6-16/h5-13,15,20H,1-4H3. The van der Waals surface area contributed by atoms with Gasteiger partial charge in [0, 0.05) is 5.56 Å². The molecule has 0 aromatic heterocycles. The third kappa shape index (κ3) is 3.58. The summed E-state index contributed by atoms with van der Waals surface area (Å²) in [6, 6.07) is 14.5. The highest BCUT2D eigenvalue weighted by molar-refractivity contribution is 5.94. The summed E-state index contributed by atoms with van der Waals surface area (Å²) < 4.78 is 10.4. The lowest BCUT2D eigenvalue weighted by Crippen LogP contribution is -2.42. The van der Waals surface area contributed by atoms with Gasteiger partial charge < -0.3 is 9.47 Å². The minimum absolute atomic E-state index is 0.154. The summed E-state index contributed by atoms with van der Waals surface area (Å²) in [6.07, 6.45) is 1.75. The lowest BCUT2D eigenvalue weighted by molar-refractivity contribution is -0.175. The van der Waals surface area contributed by atoms with E-state index in [-0.39, 0.29) is 18.1 Å². The molecule has 3 rings (SSSR count). The van der Waals surface area contributed by atoms with Crippen molar-refractivity contribution in [3.8, 4) is 11.5 Å². The molecule has 2 aromatic carbocycles. The Labute approximate surface area is 153 Å². The van der Waals surface area contributed by atoms with E-state index in [0.29, 0.717) is 11.3 Å². The first kappa shape index (κ1) is 18.0. The highest BCUT2D eigenvalue weighted by atomic mass is 16.7. The van der Waals surface area contributed by atoms with Crippen LogP contribution in [-0.4, -0.2) is 31.2 Å². The summed E-state index contributed by atoms with van der Waals surface area (Å²) in [5, 5.41) is 1.43. The quantitative estimate of drug-likeness (QED) is 0.774. The Morgan fingerprint density at radius 2 is 1.50 bits per heavy atom. The van der Waals surface area contributed by atoms with Crippen LogP contribution in [0, 0.1) is 0 Å². The average Bonchev–Trinajstić information content (AvgIpc) is 2.68. The fourth-order valence-corrected chi connectivity index (χ4v) is 3.02. The minimum atomic E-state index is -0.306. The van der Waals surface area contributed by atoms with Crippen molar-refractivity contribution < 1.29 is 19.1 Å². The normalized spacial score (nSPS) is 19.7. The number of benzene rings is 2. The lowest BCUT2D eigenvalue weighted by atomic mass is 9.99. The molecule has 1 aliphatic rings. The molecule has 5 heteroatoms. The summed E-state index contributed by atoms with van der Waals surface area (Å²) in [5.74, 6) is 1.31. The van der Waals surface area contributed by atoms with Crippen LogP contribution in [0.3, 0.4) is 0 Å². The van der Waals surface area contributed by atoms with E-state index in [1.54, 1.807) is 38.5 Å². The van der Waals surface area contributed by atoms with E-state index in [1.807, 2.05) is 38.1 Å². The number of carbonyl (C=O) groups excluding carboxylic acids is 1. The predicted octanol–water partition coefficient (Wildman–Crippen LogP) is 4.17. The molecule has 1 aliphatic heterocycles. The number of methoxy groups -OCH3 is 2. The second-order valence-electron chi connectivity index (χ2n) is 6.27. The second kappa shape index (κ2) is 7.62. The molecule has 0 saturated heterocycles. The van der Waals surface area contributed by atoms with E-state index in [0.717, 1.165) is 16.9 Å². The van der Waals surface area contributed by atoms with Crippen molar-refractivity contribution >= 4 is 5.91 Å². The van der Waals surface area contributed by atoms with E-state index in [4.69, 9.17) is 14.3 Å². The molecule has 0 aliphatic carbocycles. The number of hydrogen-bond donors (Lipinski definition) is 0. The number of rotatable bonds is 4. The Morgan fingerprint density at radius 1 is 0.962 bits per heavy atom. The summed E-state index contributed by atoms with van der Waals surface area (Å²) >= 11 is 0. The van der Waals surface area contributed by atoms with Crippen molar-refractivity contribution in [2.24, 2.45) is 0 Å². The van der Waals surface area contributed by atoms with Gasteiger partial charge in [-0.05, 0) is 61.4 Å². The largest absolute Gasteiger partial charge is 0.497 e. The van der Waals surface area contributed by atoms with Crippen molar-refractivity contribution in [2.75, 3.05) is 14.2 Å². The SMILES string of the molecule is COc1ccc(C(=O)N2OC(c3ccc(OC)cc3)C(C)=CC2C)cc1. The van der Waals surface area contributed by atoms with Crippen LogP contribution in [0.2, 0.25) is 0 Å². The number of carbonyl (C=O) groups is 1. The molecular formula is C21H23NO4. The molecule has 2 atom stereocenters. The van der Waals surface area contributed by atoms with Gasteiger partial charge in [-0.1, -0.05) is 18.2 Å². The first-order valence-electron chi connectivity index (χ1n) is 8.50. The molecule has 26 heavy (non-hydrogen) atoms. The van der Waals surface area contributed by atoms with Crippen molar-refractivity contribution in [1.29, 1.82) is 0 Å². The Kier molecular flexibility index (Phi) is 5.28. The van der Waals surface area contributed by atoms with Crippen LogP contribution in [0.15, 0.2) is 60.2 Å². The first-order valence-corrected chi connectivity index (χ1v) is 8.50. The van der Waals surface area contributed by atoms with Gasteiger partial charge >= 0.3 is 0 Å². The highest BCUT2D eigenvalue weighted by Crippen LogP contribution is 2.33. The molecule has 0 spiro atoms. The average molecular weight is 353 g/mol. The Bertz CT molecular complexity index is 796. The first-order chi connectivity index (χ1) is 12.5. The predicted molar refractivity (Wildman–Crippen MR) is 99.2 cm³/mol. The maximum Gasteiger partial charge on any atom is 0.278 e. The van der Waals surface area contributed by atoms with Gasteiger partial charge in [-0.25, -0.2) is 5.06 Å². The zero-order chi connectivity index (χ0) is 18.7. The number of nitrogens with zero attached hydrogens (tertiary/aromatic N) is 1. The molecule has 136 valence electrons. The van der Waals surface area contributed by atoms with Crippen molar-refractivity contribution in [3.05, 3.63) is 71.3 Å². The van der Waals surface area contributed by atoms with Crippen LogP contribution in [0.1, 0.15) is 35.9 Å². The molecule has 0 radical (unpaired) electrons. The molecule has 0 fully saturated rings. The van der Waals surface area contributed by atoms with Crippen LogP contribution in [0.25, 0.3) is 0 Å². The van der Waals surface area contributed by atoms with Crippen molar-refractivity contribution in [2.45, 2.75) is 26.0 Å². The van der Waals surface area contributed by atoms with E-state index in [9.17, 15) is 4.79 Å². The number of hydrogen-bond acceptors (Lipinski definition) is 4. The molecule has 2 aromatic rings. The zero-order valence-corrected chi connectivity index (χ0v) is 15.4. The third-order valence-corrected chi connectivity index (χ3v) is 4.46. The van der Waals surface area contributed by atoms with Gasteiger partial charge in [-0.2, -0.15) is 0 Å². The molecule has 2 unspecified atom stereocenters. The van der Waals surface area contributed by atoms with E-state index < -0.39 is 0 Å². The topological polar surface area (TPSA) is 48.0 Å². The van der Waals surface area contributed by atoms with Crippen molar-refractivity contribution in [3.63, 3.8) is 0 Å². The van der Waals surface area contributed by atoms with Crippen LogP contribution in [0.5, 0.6) is 11.5 Å². The smallest absolute Gasteiger partial charge is 0.278 e.